The van der Waals surface area contributed by atoms with E-state index in [1.807, 2.05) is 6.07 Å². The minimum Gasteiger partial charge on any atom is -0.366 e. The fourth-order valence-electron chi connectivity index (χ4n) is 2.10. The number of nitrogens with one attached hydrogen (secondary N) is 1. The van der Waals surface area contributed by atoms with Crippen LogP contribution in [0.1, 0.15) is 34.6 Å². The van der Waals surface area contributed by atoms with Crippen molar-refractivity contribution < 1.29 is 4.79 Å². The van der Waals surface area contributed by atoms with Crippen LogP contribution >= 0.6 is 22.9 Å². The molecule has 0 saturated carbocycles. The normalized spacial score (nSPS) is 11.6. The quantitative estimate of drug-likeness (QED) is 0.854. The molecule has 0 atom stereocenters. The lowest BCUT2D eigenvalue weighted by Crippen LogP contribution is -2.32. The van der Waals surface area contributed by atoms with Crippen LogP contribution in [0.2, 0.25) is 5.02 Å². The average Bonchev–Trinajstić information content (AvgIpc) is 2.95. The highest BCUT2D eigenvalue weighted by Gasteiger charge is 2.21. The summed E-state index contributed by atoms with van der Waals surface area (Å²) in [7, 11) is 0. The number of amides is 1. The molecular formula is C16H19ClN2OS. The average molecular weight is 323 g/mol. The second kappa shape index (κ2) is 6.60. The Morgan fingerprint density at radius 3 is 2.71 bits per heavy atom. The second-order valence-corrected chi connectivity index (χ2v) is 6.99. The summed E-state index contributed by atoms with van der Waals surface area (Å²) in [6, 6.07) is 9.39. The number of primary amides is 1. The molecule has 5 heteroatoms. The van der Waals surface area contributed by atoms with E-state index in [0.29, 0.717) is 17.1 Å². The van der Waals surface area contributed by atoms with Crippen LogP contribution in [0.5, 0.6) is 0 Å². The molecule has 112 valence electrons. The van der Waals surface area contributed by atoms with Crippen molar-refractivity contribution in [3.05, 3.63) is 56.7 Å². The van der Waals surface area contributed by atoms with E-state index in [1.54, 1.807) is 23.5 Å². The number of thiophene rings is 1. The highest BCUT2D eigenvalue weighted by molar-refractivity contribution is 7.10. The van der Waals surface area contributed by atoms with Crippen LogP contribution in [-0.2, 0) is 12.0 Å². The summed E-state index contributed by atoms with van der Waals surface area (Å²) in [6.07, 6.45) is 0. The fourth-order valence-corrected chi connectivity index (χ4v) is 3.20. The van der Waals surface area contributed by atoms with E-state index in [1.165, 1.54) is 4.88 Å². The maximum absolute atomic E-state index is 11.1. The lowest BCUT2D eigenvalue weighted by atomic mass is 9.91. The molecule has 3 nitrogen and oxygen atoms in total. The summed E-state index contributed by atoms with van der Waals surface area (Å²) in [5, 5.41) is 6.08. The molecule has 0 spiro atoms. The molecule has 2 rings (SSSR count). The van der Waals surface area contributed by atoms with Gasteiger partial charge in [0.25, 0.3) is 0 Å². The van der Waals surface area contributed by atoms with Gasteiger partial charge in [-0.25, -0.2) is 0 Å². The summed E-state index contributed by atoms with van der Waals surface area (Å²) < 4.78 is 0. The number of hydrogen-bond donors (Lipinski definition) is 2. The standard InChI is InChI=1S/C16H19ClN2OS/c1-16(2,14-4-3-7-21-14)10-19-9-12-6-5-11(15(18)20)8-13(12)17/h3-8,19H,9-10H2,1-2H3,(H2,18,20). The molecule has 1 amide bonds. The van der Waals surface area contributed by atoms with Crippen molar-refractivity contribution in [3.63, 3.8) is 0 Å². The van der Waals surface area contributed by atoms with Gasteiger partial charge in [0.1, 0.15) is 0 Å². The minimum atomic E-state index is -0.463. The van der Waals surface area contributed by atoms with Crippen molar-refractivity contribution in [3.8, 4) is 0 Å². The van der Waals surface area contributed by atoms with Gasteiger partial charge >= 0.3 is 0 Å². The molecule has 1 aromatic heterocycles. The van der Waals surface area contributed by atoms with Crippen LogP contribution in [0.25, 0.3) is 0 Å². The van der Waals surface area contributed by atoms with Crippen LogP contribution in [0.15, 0.2) is 35.7 Å². The summed E-state index contributed by atoms with van der Waals surface area (Å²) in [4.78, 5) is 12.4. The summed E-state index contributed by atoms with van der Waals surface area (Å²) in [5.41, 5.74) is 6.70. The SMILES string of the molecule is CC(C)(CNCc1ccc(C(N)=O)cc1Cl)c1cccs1. The molecule has 0 radical (unpaired) electrons. The van der Waals surface area contributed by atoms with E-state index in [4.69, 9.17) is 17.3 Å². The predicted octanol–water partition coefficient (Wildman–Crippen LogP) is 3.57. The van der Waals surface area contributed by atoms with Crippen molar-refractivity contribution in [2.45, 2.75) is 25.8 Å². The van der Waals surface area contributed by atoms with Crippen LogP contribution in [0.3, 0.4) is 0 Å². The number of benzene rings is 1. The minimum absolute atomic E-state index is 0.0772. The van der Waals surface area contributed by atoms with Gasteiger partial charge < -0.3 is 11.1 Å². The Hall–Kier alpha value is -1.36. The van der Waals surface area contributed by atoms with Crippen molar-refractivity contribution in [2.75, 3.05) is 6.54 Å². The van der Waals surface area contributed by atoms with Crippen LogP contribution in [0, 0.1) is 0 Å². The fraction of sp³-hybridized carbons (Fsp3) is 0.312. The maximum Gasteiger partial charge on any atom is 0.248 e. The first-order valence-corrected chi connectivity index (χ1v) is 7.99. The van der Waals surface area contributed by atoms with Gasteiger partial charge in [-0.05, 0) is 29.1 Å². The van der Waals surface area contributed by atoms with Gasteiger partial charge in [-0.15, -0.1) is 11.3 Å². The number of nitrogens with two attached hydrogens (primary N) is 1. The van der Waals surface area contributed by atoms with E-state index < -0.39 is 5.91 Å². The maximum atomic E-state index is 11.1. The molecule has 0 aliphatic rings. The lowest BCUT2D eigenvalue weighted by Gasteiger charge is -2.24. The molecule has 21 heavy (non-hydrogen) atoms. The van der Waals surface area contributed by atoms with E-state index >= 15 is 0 Å². The highest BCUT2D eigenvalue weighted by atomic mass is 35.5. The summed E-state index contributed by atoms with van der Waals surface area (Å²) >= 11 is 7.94. The summed E-state index contributed by atoms with van der Waals surface area (Å²) in [5.74, 6) is -0.463. The number of carbonyl (C=O) groups excluding carboxylic acids is 1. The zero-order chi connectivity index (χ0) is 15.5. The molecule has 0 unspecified atom stereocenters. The third-order valence-corrected chi connectivity index (χ3v) is 5.00. The predicted molar refractivity (Wildman–Crippen MR) is 89.0 cm³/mol. The Morgan fingerprint density at radius 2 is 2.14 bits per heavy atom. The molecule has 3 N–H and O–H groups in total. The Bertz CT molecular complexity index is 623. The Morgan fingerprint density at radius 1 is 1.38 bits per heavy atom. The first-order valence-electron chi connectivity index (χ1n) is 6.73. The Labute approximate surface area is 134 Å². The molecule has 0 aliphatic carbocycles. The molecule has 2 aromatic rings. The zero-order valence-corrected chi connectivity index (χ0v) is 13.7. The van der Waals surface area contributed by atoms with Crippen LogP contribution < -0.4 is 11.1 Å². The van der Waals surface area contributed by atoms with Gasteiger partial charge in [0.05, 0.1) is 0 Å². The van der Waals surface area contributed by atoms with Gasteiger partial charge in [-0.2, -0.15) is 0 Å². The second-order valence-electron chi connectivity index (χ2n) is 5.64. The summed E-state index contributed by atoms with van der Waals surface area (Å²) in [6.45, 7) is 5.93. The first-order chi connectivity index (χ1) is 9.90. The van der Waals surface area contributed by atoms with Gasteiger partial charge in [0, 0.05) is 34.0 Å². The molecule has 0 aliphatic heterocycles. The zero-order valence-electron chi connectivity index (χ0n) is 12.2. The smallest absolute Gasteiger partial charge is 0.248 e. The largest absolute Gasteiger partial charge is 0.366 e. The van der Waals surface area contributed by atoms with Gasteiger partial charge in [0.2, 0.25) is 5.91 Å². The van der Waals surface area contributed by atoms with Crippen molar-refractivity contribution in [2.24, 2.45) is 5.73 Å². The Kier molecular flexibility index (Phi) is 5.04. The van der Waals surface area contributed by atoms with Crippen molar-refractivity contribution in [1.29, 1.82) is 0 Å². The molecule has 1 heterocycles. The molecule has 0 fully saturated rings. The van der Waals surface area contributed by atoms with E-state index in [-0.39, 0.29) is 5.41 Å². The Balaban J connectivity index is 1.96. The van der Waals surface area contributed by atoms with E-state index in [9.17, 15) is 4.79 Å². The molecule has 0 saturated heterocycles. The van der Waals surface area contributed by atoms with Gasteiger partial charge in [-0.3, -0.25) is 4.79 Å². The third kappa shape index (κ3) is 4.06. The first kappa shape index (κ1) is 16.0. The van der Waals surface area contributed by atoms with E-state index in [0.717, 1.165) is 12.1 Å². The van der Waals surface area contributed by atoms with Crippen LogP contribution in [0.4, 0.5) is 0 Å². The molecule has 1 aromatic carbocycles. The van der Waals surface area contributed by atoms with Crippen molar-refractivity contribution >= 4 is 28.8 Å². The van der Waals surface area contributed by atoms with E-state index in [2.05, 4.69) is 36.7 Å². The van der Waals surface area contributed by atoms with Crippen molar-refractivity contribution in [1.82, 2.24) is 5.32 Å². The number of hydrogen-bond acceptors (Lipinski definition) is 3. The monoisotopic (exact) mass is 322 g/mol. The van der Waals surface area contributed by atoms with Crippen LogP contribution in [-0.4, -0.2) is 12.5 Å². The third-order valence-electron chi connectivity index (χ3n) is 3.41. The van der Waals surface area contributed by atoms with Gasteiger partial charge in [-0.1, -0.05) is 37.6 Å². The number of halogens is 1. The highest BCUT2D eigenvalue weighted by Crippen LogP contribution is 2.27. The number of rotatable bonds is 6. The topological polar surface area (TPSA) is 55.1 Å². The lowest BCUT2D eigenvalue weighted by molar-refractivity contribution is 0.100. The van der Waals surface area contributed by atoms with Gasteiger partial charge in [0.15, 0.2) is 0 Å². The molecule has 0 bridgehead atoms. The number of carbonyl (C=O) groups is 1. The molecular weight excluding hydrogens is 304 g/mol.